The number of nitrogens with zero attached hydrogens (tertiary/aromatic N) is 1. The number of anilines is 1. The van der Waals surface area contributed by atoms with E-state index in [1.807, 2.05) is 45.0 Å². The molecule has 4 aromatic rings. The summed E-state index contributed by atoms with van der Waals surface area (Å²) in [6.07, 6.45) is 0.611. The summed E-state index contributed by atoms with van der Waals surface area (Å²) < 4.78 is 5.12. The summed E-state index contributed by atoms with van der Waals surface area (Å²) in [7, 11) is 1.71. The molecule has 0 bridgehead atoms. The zero-order valence-electron chi connectivity index (χ0n) is 17.6. The molecule has 0 aliphatic rings. The van der Waals surface area contributed by atoms with Crippen molar-refractivity contribution in [1.82, 2.24) is 4.98 Å². The first kappa shape index (κ1) is 24.1. The number of para-hydroxylation sites is 1. The second-order valence-electron chi connectivity index (χ2n) is 6.01. The third-order valence-corrected chi connectivity index (χ3v) is 5.40. The lowest BCUT2D eigenvalue weighted by Crippen LogP contribution is -2.01. The van der Waals surface area contributed by atoms with Gasteiger partial charge in [0.1, 0.15) is 11.1 Å². The minimum absolute atomic E-state index is 0.138. The molecule has 0 saturated carbocycles. The standard InChI is InChI=1S/C12H10ClNO2S.C9H7NO2.C2H6/c1-14-9-6-17-11(10(9)12(15)16)7-2-4-8(13)5-3-7;1-6-3-2-4-7-9(6)10-8(5-11)12-7;1-2/h2-6,14H,1H3,(H,15,16);2-5H,1H3;1-2H3. The smallest absolute Gasteiger partial charge is 0.339 e. The van der Waals surface area contributed by atoms with E-state index in [9.17, 15) is 14.7 Å². The second-order valence-corrected chi connectivity index (χ2v) is 7.32. The molecule has 0 amide bonds. The number of aldehydes is 1. The number of carboxylic acids is 1. The molecule has 2 aromatic heterocycles. The van der Waals surface area contributed by atoms with Crippen LogP contribution in [-0.4, -0.2) is 29.4 Å². The Labute approximate surface area is 189 Å². The van der Waals surface area contributed by atoms with Gasteiger partial charge in [0, 0.05) is 17.5 Å². The summed E-state index contributed by atoms with van der Waals surface area (Å²) in [5, 5.41) is 14.5. The van der Waals surface area contributed by atoms with Crippen molar-refractivity contribution in [3.63, 3.8) is 0 Å². The van der Waals surface area contributed by atoms with Crippen LogP contribution in [0.15, 0.2) is 52.3 Å². The maximum Gasteiger partial charge on any atom is 0.339 e. The molecule has 162 valence electrons. The summed E-state index contributed by atoms with van der Waals surface area (Å²) in [6, 6.07) is 12.7. The summed E-state index contributed by atoms with van der Waals surface area (Å²) >= 11 is 7.21. The number of aromatic nitrogens is 1. The highest BCUT2D eigenvalue weighted by Crippen LogP contribution is 2.36. The van der Waals surface area contributed by atoms with Gasteiger partial charge in [-0.3, -0.25) is 4.79 Å². The molecule has 31 heavy (non-hydrogen) atoms. The van der Waals surface area contributed by atoms with Crippen LogP contribution in [0.25, 0.3) is 21.5 Å². The molecular weight excluding hydrogens is 436 g/mol. The maximum absolute atomic E-state index is 11.2. The molecule has 0 aliphatic heterocycles. The van der Waals surface area contributed by atoms with Crippen LogP contribution in [0.3, 0.4) is 0 Å². The van der Waals surface area contributed by atoms with E-state index in [1.54, 1.807) is 30.6 Å². The fourth-order valence-electron chi connectivity index (χ4n) is 2.72. The van der Waals surface area contributed by atoms with Gasteiger partial charge in [-0.15, -0.1) is 11.3 Å². The Kier molecular flexibility index (Phi) is 8.78. The van der Waals surface area contributed by atoms with Crippen LogP contribution in [0.1, 0.15) is 40.5 Å². The molecule has 2 N–H and O–H groups in total. The van der Waals surface area contributed by atoms with Crippen LogP contribution in [0, 0.1) is 6.92 Å². The van der Waals surface area contributed by atoms with Crippen molar-refractivity contribution < 1.29 is 19.1 Å². The molecule has 2 heterocycles. The minimum atomic E-state index is -0.930. The number of nitrogens with one attached hydrogen (secondary N) is 1. The Hall–Kier alpha value is -3.16. The number of carbonyl (C=O) groups is 2. The largest absolute Gasteiger partial charge is 0.478 e. The zero-order chi connectivity index (χ0) is 23.0. The number of hydrogen-bond acceptors (Lipinski definition) is 6. The first-order valence-electron chi connectivity index (χ1n) is 9.54. The Bertz CT molecular complexity index is 1170. The van der Waals surface area contributed by atoms with Gasteiger partial charge in [-0.2, -0.15) is 0 Å². The zero-order valence-corrected chi connectivity index (χ0v) is 19.2. The monoisotopic (exact) mass is 458 g/mol. The lowest BCUT2D eigenvalue weighted by Gasteiger charge is -2.03. The van der Waals surface area contributed by atoms with Crippen LogP contribution >= 0.6 is 22.9 Å². The highest BCUT2D eigenvalue weighted by Gasteiger charge is 2.18. The maximum atomic E-state index is 11.2. The van der Waals surface area contributed by atoms with E-state index in [1.165, 1.54) is 11.3 Å². The number of hydrogen-bond donors (Lipinski definition) is 2. The van der Waals surface area contributed by atoms with E-state index in [2.05, 4.69) is 10.3 Å². The Morgan fingerprint density at radius 3 is 2.42 bits per heavy atom. The van der Waals surface area contributed by atoms with Crippen molar-refractivity contribution in [3.05, 3.63) is 69.9 Å². The highest BCUT2D eigenvalue weighted by atomic mass is 35.5. The van der Waals surface area contributed by atoms with Crippen molar-refractivity contribution >= 4 is 52.0 Å². The average molecular weight is 459 g/mol. The minimum Gasteiger partial charge on any atom is -0.478 e. The number of aryl methyl sites for hydroxylation is 1. The number of thiophene rings is 1. The predicted octanol–water partition coefficient (Wildman–Crippen LogP) is 6.78. The third-order valence-electron chi connectivity index (χ3n) is 4.12. The molecule has 0 atom stereocenters. The normalized spacial score (nSPS) is 9.84. The number of aromatic carboxylic acids is 1. The molecule has 0 aliphatic carbocycles. The molecule has 6 nitrogen and oxygen atoms in total. The highest BCUT2D eigenvalue weighted by molar-refractivity contribution is 7.14. The lowest BCUT2D eigenvalue weighted by molar-refractivity contribution is 0.0699. The van der Waals surface area contributed by atoms with Crippen molar-refractivity contribution in [1.29, 1.82) is 0 Å². The van der Waals surface area contributed by atoms with Gasteiger partial charge in [-0.25, -0.2) is 9.78 Å². The van der Waals surface area contributed by atoms with Crippen LogP contribution in [-0.2, 0) is 0 Å². The first-order valence-corrected chi connectivity index (χ1v) is 10.8. The summed E-state index contributed by atoms with van der Waals surface area (Å²) in [5.41, 5.74) is 4.24. The number of oxazole rings is 1. The van der Waals surface area contributed by atoms with E-state index >= 15 is 0 Å². The Morgan fingerprint density at radius 2 is 1.87 bits per heavy atom. The predicted molar refractivity (Wildman–Crippen MR) is 127 cm³/mol. The Morgan fingerprint density at radius 1 is 1.19 bits per heavy atom. The van der Waals surface area contributed by atoms with Gasteiger partial charge in [0.05, 0.1) is 10.6 Å². The van der Waals surface area contributed by atoms with E-state index in [-0.39, 0.29) is 5.89 Å². The molecular formula is C23H23ClN2O4S. The van der Waals surface area contributed by atoms with Crippen LogP contribution in [0.2, 0.25) is 5.02 Å². The van der Waals surface area contributed by atoms with E-state index in [0.717, 1.165) is 21.5 Å². The van der Waals surface area contributed by atoms with Gasteiger partial charge in [-0.1, -0.05) is 49.7 Å². The number of rotatable bonds is 4. The topological polar surface area (TPSA) is 92.4 Å². The Balaban J connectivity index is 0.000000214. The van der Waals surface area contributed by atoms with Gasteiger partial charge < -0.3 is 14.8 Å². The van der Waals surface area contributed by atoms with Crippen molar-refractivity contribution in [3.8, 4) is 10.4 Å². The van der Waals surface area contributed by atoms with Crippen LogP contribution in [0.5, 0.6) is 0 Å². The van der Waals surface area contributed by atoms with Gasteiger partial charge in [-0.05, 0) is 36.2 Å². The molecule has 0 radical (unpaired) electrons. The molecule has 0 fully saturated rings. The van der Waals surface area contributed by atoms with Gasteiger partial charge in [0.25, 0.3) is 5.89 Å². The number of fused-ring (bicyclic) bond motifs is 1. The van der Waals surface area contributed by atoms with Crippen molar-refractivity contribution in [2.45, 2.75) is 20.8 Å². The molecule has 0 spiro atoms. The number of halogens is 1. The quantitative estimate of drug-likeness (QED) is 0.327. The van der Waals surface area contributed by atoms with Crippen molar-refractivity contribution in [2.75, 3.05) is 12.4 Å². The number of benzene rings is 2. The molecule has 2 aromatic carbocycles. The lowest BCUT2D eigenvalue weighted by atomic mass is 10.1. The van der Waals surface area contributed by atoms with E-state index < -0.39 is 5.97 Å². The van der Waals surface area contributed by atoms with E-state index in [0.29, 0.717) is 28.1 Å². The second kappa shape index (κ2) is 11.3. The molecule has 4 rings (SSSR count). The molecule has 0 unspecified atom stereocenters. The van der Waals surface area contributed by atoms with E-state index in [4.69, 9.17) is 16.0 Å². The van der Waals surface area contributed by atoms with Crippen molar-refractivity contribution in [2.24, 2.45) is 0 Å². The average Bonchev–Trinajstić information content (AvgIpc) is 3.41. The molecule has 0 saturated heterocycles. The van der Waals surface area contributed by atoms with Crippen LogP contribution in [0.4, 0.5) is 5.69 Å². The summed E-state index contributed by atoms with van der Waals surface area (Å²) in [4.78, 5) is 26.3. The SMILES string of the molecule is CC.CNc1csc(-c2ccc(Cl)cc2)c1C(=O)O.Cc1cccc2oc(C=O)nc12. The van der Waals surface area contributed by atoms with Gasteiger partial charge >= 0.3 is 5.97 Å². The van der Waals surface area contributed by atoms with Gasteiger partial charge in [0.2, 0.25) is 6.29 Å². The first-order chi connectivity index (χ1) is 14.9. The number of carbonyl (C=O) groups excluding carboxylic acids is 1. The van der Waals surface area contributed by atoms with Gasteiger partial charge in [0.15, 0.2) is 5.58 Å². The fraction of sp³-hybridized carbons (Fsp3) is 0.174. The summed E-state index contributed by atoms with van der Waals surface area (Å²) in [6.45, 7) is 5.93. The summed E-state index contributed by atoms with van der Waals surface area (Å²) in [5.74, 6) is -0.792. The third kappa shape index (κ3) is 5.71. The van der Waals surface area contributed by atoms with Crippen LogP contribution < -0.4 is 5.32 Å². The molecule has 8 heteroatoms. The fourth-order valence-corrected chi connectivity index (χ4v) is 3.91. The number of carboxylic acid groups (broad SMARTS) is 1.